The van der Waals surface area contributed by atoms with E-state index in [-0.39, 0.29) is 11.5 Å². The second-order valence-corrected chi connectivity index (χ2v) is 4.25. The number of hydrogen-bond acceptors (Lipinski definition) is 5. The van der Waals surface area contributed by atoms with Gasteiger partial charge in [0, 0.05) is 0 Å². The number of aryl methyl sites for hydroxylation is 1. The predicted molar refractivity (Wildman–Crippen MR) is 67.6 cm³/mol. The first-order valence-corrected chi connectivity index (χ1v) is 5.98. The fourth-order valence-corrected chi connectivity index (χ4v) is 2.03. The summed E-state index contributed by atoms with van der Waals surface area (Å²) in [4.78, 5) is 15.6. The van der Waals surface area contributed by atoms with Gasteiger partial charge in [0.2, 0.25) is 0 Å². The molecule has 0 saturated carbocycles. The monoisotopic (exact) mass is 245 g/mol. The molecule has 0 bridgehead atoms. The molecule has 2 aromatic rings. The molecule has 18 heavy (non-hydrogen) atoms. The van der Waals surface area contributed by atoms with E-state index < -0.39 is 0 Å². The van der Waals surface area contributed by atoms with E-state index in [0.29, 0.717) is 16.6 Å². The number of aromatic hydroxyl groups is 1. The largest absolute Gasteiger partial charge is 0.505 e. The van der Waals surface area contributed by atoms with Crippen LogP contribution in [0, 0.1) is 0 Å². The molecule has 0 spiro atoms. The molecule has 0 atom stereocenters. The zero-order chi connectivity index (χ0) is 13.1. The van der Waals surface area contributed by atoms with Gasteiger partial charge in [0.15, 0.2) is 11.5 Å². The quantitative estimate of drug-likeness (QED) is 0.836. The van der Waals surface area contributed by atoms with Gasteiger partial charge in [-0.05, 0) is 31.4 Å². The molecule has 0 aliphatic carbocycles. The highest BCUT2D eigenvalue weighted by molar-refractivity contribution is 6.03. The molecule has 0 amide bonds. The first-order valence-electron chi connectivity index (χ1n) is 5.98. The van der Waals surface area contributed by atoms with Crippen molar-refractivity contribution >= 4 is 16.8 Å². The van der Waals surface area contributed by atoms with Gasteiger partial charge in [-0.15, -0.1) is 10.2 Å². The second kappa shape index (κ2) is 5.08. The molecule has 1 aromatic carbocycles. The highest BCUT2D eigenvalue weighted by Gasteiger charge is 2.17. The Morgan fingerprint density at radius 3 is 2.89 bits per heavy atom. The Balaban J connectivity index is 2.67. The molecule has 2 rings (SSSR count). The molecule has 0 fully saturated rings. The number of hydrogen-bond donors (Lipinski definition) is 1. The smallest absolute Gasteiger partial charge is 0.163 e. The van der Waals surface area contributed by atoms with Crippen LogP contribution in [0.3, 0.4) is 0 Å². The summed E-state index contributed by atoms with van der Waals surface area (Å²) in [6.07, 6.45) is 3.98. The van der Waals surface area contributed by atoms with Gasteiger partial charge in [-0.2, -0.15) is 0 Å². The molecule has 5 heteroatoms. The van der Waals surface area contributed by atoms with E-state index in [4.69, 9.17) is 0 Å². The van der Waals surface area contributed by atoms with Crippen LogP contribution < -0.4 is 0 Å². The molecule has 0 unspecified atom stereocenters. The van der Waals surface area contributed by atoms with Crippen molar-refractivity contribution in [1.82, 2.24) is 15.2 Å². The lowest BCUT2D eigenvalue weighted by molar-refractivity contribution is 0.101. The second-order valence-electron chi connectivity index (χ2n) is 4.25. The number of nitrogens with zero attached hydrogens (tertiary/aromatic N) is 3. The Morgan fingerprint density at radius 2 is 2.22 bits per heavy atom. The molecule has 1 N–H and O–H groups in total. The van der Waals surface area contributed by atoms with Crippen molar-refractivity contribution in [1.29, 1.82) is 0 Å². The number of Topliss-reactive ketones (excluding diaryl/α,β-unsaturated/α-hetero) is 1. The molecule has 0 saturated heterocycles. The van der Waals surface area contributed by atoms with Crippen LogP contribution in [-0.4, -0.2) is 26.1 Å². The van der Waals surface area contributed by atoms with Crippen LogP contribution in [0.2, 0.25) is 0 Å². The summed E-state index contributed by atoms with van der Waals surface area (Å²) in [5.74, 6) is -0.236. The Bertz CT molecular complexity index is 596. The minimum Gasteiger partial charge on any atom is -0.505 e. The summed E-state index contributed by atoms with van der Waals surface area (Å²) in [6, 6.07) is 1.79. The number of ketones is 1. The molecular formula is C13H15N3O2. The molecule has 94 valence electrons. The highest BCUT2D eigenvalue weighted by atomic mass is 16.3. The fourth-order valence-electron chi connectivity index (χ4n) is 2.03. The summed E-state index contributed by atoms with van der Waals surface area (Å²) in [5.41, 5.74) is 2.02. The lowest BCUT2D eigenvalue weighted by Crippen LogP contribution is -2.03. The minimum atomic E-state index is -0.154. The SMILES string of the molecule is CCCCc1cc2nncnc2c(O)c1C(C)=O. The Hall–Kier alpha value is -2.04. The average Bonchev–Trinajstić information content (AvgIpc) is 2.36. The Morgan fingerprint density at radius 1 is 1.44 bits per heavy atom. The van der Waals surface area contributed by atoms with Gasteiger partial charge in [0.05, 0.1) is 5.56 Å². The molecule has 0 aliphatic rings. The molecular weight excluding hydrogens is 230 g/mol. The summed E-state index contributed by atoms with van der Waals surface area (Å²) < 4.78 is 0. The fraction of sp³-hybridized carbons (Fsp3) is 0.385. The summed E-state index contributed by atoms with van der Waals surface area (Å²) >= 11 is 0. The summed E-state index contributed by atoms with van der Waals surface area (Å²) in [6.45, 7) is 3.53. The third-order valence-corrected chi connectivity index (χ3v) is 2.89. The van der Waals surface area contributed by atoms with E-state index in [1.165, 1.54) is 13.3 Å². The number of rotatable bonds is 4. The zero-order valence-corrected chi connectivity index (χ0v) is 10.5. The molecule has 1 heterocycles. The normalized spacial score (nSPS) is 10.8. The summed E-state index contributed by atoms with van der Waals surface area (Å²) in [7, 11) is 0. The topological polar surface area (TPSA) is 76.0 Å². The first-order chi connectivity index (χ1) is 8.65. The van der Waals surface area contributed by atoms with Crippen LogP contribution in [0.25, 0.3) is 11.0 Å². The number of unbranched alkanes of at least 4 members (excludes halogenated alkanes) is 1. The number of phenolic OH excluding ortho intramolecular Hbond substituents is 1. The van der Waals surface area contributed by atoms with E-state index in [1.54, 1.807) is 6.07 Å². The average molecular weight is 245 g/mol. The van der Waals surface area contributed by atoms with Crippen molar-refractivity contribution in [2.75, 3.05) is 0 Å². The van der Waals surface area contributed by atoms with Gasteiger partial charge >= 0.3 is 0 Å². The maximum atomic E-state index is 11.7. The Kier molecular flexibility index (Phi) is 3.50. The van der Waals surface area contributed by atoms with E-state index in [0.717, 1.165) is 24.8 Å². The molecule has 5 nitrogen and oxygen atoms in total. The van der Waals surface area contributed by atoms with Gasteiger partial charge in [-0.25, -0.2) is 4.98 Å². The highest BCUT2D eigenvalue weighted by Crippen LogP contribution is 2.30. The van der Waals surface area contributed by atoms with Crippen molar-refractivity contribution in [2.24, 2.45) is 0 Å². The van der Waals surface area contributed by atoms with Gasteiger partial charge in [-0.3, -0.25) is 4.79 Å². The number of phenols is 1. The molecule has 1 aromatic heterocycles. The molecule has 0 radical (unpaired) electrons. The van der Waals surface area contributed by atoms with Crippen molar-refractivity contribution in [3.63, 3.8) is 0 Å². The van der Waals surface area contributed by atoms with Gasteiger partial charge in [0.1, 0.15) is 17.4 Å². The minimum absolute atomic E-state index is 0.0824. The Labute approximate surface area is 105 Å². The van der Waals surface area contributed by atoms with E-state index in [1.807, 2.05) is 0 Å². The van der Waals surface area contributed by atoms with E-state index in [9.17, 15) is 9.90 Å². The standard InChI is InChI=1S/C13H15N3O2/c1-3-4-5-9-6-10-12(14-7-15-16-10)13(18)11(9)8(2)17/h6-7,18H,3-5H2,1-2H3. The number of carbonyl (C=O) groups is 1. The van der Waals surface area contributed by atoms with Crippen LogP contribution in [0.15, 0.2) is 12.4 Å². The maximum Gasteiger partial charge on any atom is 0.163 e. The van der Waals surface area contributed by atoms with Gasteiger partial charge in [-0.1, -0.05) is 13.3 Å². The van der Waals surface area contributed by atoms with Gasteiger partial charge < -0.3 is 5.11 Å². The zero-order valence-electron chi connectivity index (χ0n) is 10.5. The predicted octanol–water partition coefficient (Wildman–Crippen LogP) is 2.28. The third-order valence-electron chi connectivity index (χ3n) is 2.89. The van der Waals surface area contributed by atoms with Crippen LogP contribution in [0.1, 0.15) is 42.6 Å². The first kappa shape index (κ1) is 12.4. The van der Waals surface area contributed by atoms with Crippen LogP contribution in [0.4, 0.5) is 0 Å². The number of carbonyl (C=O) groups excluding carboxylic acids is 1. The number of benzene rings is 1. The van der Waals surface area contributed by atoms with Gasteiger partial charge in [0.25, 0.3) is 0 Å². The summed E-state index contributed by atoms with van der Waals surface area (Å²) in [5, 5.41) is 17.8. The van der Waals surface area contributed by atoms with E-state index in [2.05, 4.69) is 22.1 Å². The van der Waals surface area contributed by atoms with E-state index >= 15 is 0 Å². The lowest BCUT2D eigenvalue weighted by Gasteiger charge is -2.10. The number of aromatic nitrogens is 3. The van der Waals surface area contributed by atoms with Crippen LogP contribution in [-0.2, 0) is 6.42 Å². The molecule has 0 aliphatic heterocycles. The third kappa shape index (κ3) is 2.16. The van der Waals surface area contributed by atoms with Crippen molar-refractivity contribution < 1.29 is 9.90 Å². The maximum absolute atomic E-state index is 11.7. The van der Waals surface area contributed by atoms with Crippen LogP contribution >= 0.6 is 0 Å². The van der Waals surface area contributed by atoms with Crippen molar-refractivity contribution in [2.45, 2.75) is 33.1 Å². The van der Waals surface area contributed by atoms with Crippen molar-refractivity contribution in [3.05, 3.63) is 23.5 Å². The number of fused-ring (bicyclic) bond motifs is 1. The van der Waals surface area contributed by atoms with Crippen LogP contribution in [0.5, 0.6) is 5.75 Å². The lowest BCUT2D eigenvalue weighted by atomic mass is 9.97. The van der Waals surface area contributed by atoms with Crippen molar-refractivity contribution in [3.8, 4) is 5.75 Å².